The molecule has 0 unspecified atom stereocenters. The van der Waals surface area contributed by atoms with Gasteiger partial charge in [0, 0.05) is 11.8 Å². The molecule has 1 aliphatic rings. The quantitative estimate of drug-likeness (QED) is 0.738. The number of benzene rings is 1. The zero-order valence-electron chi connectivity index (χ0n) is 15.7. The van der Waals surface area contributed by atoms with Crippen LogP contribution < -0.4 is 14.2 Å². The van der Waals surface area contributed by atoms with Gasteiger partial charge in [-0.2, -0.15) is 5.10 Å². The van der Waals surface area contributed by atoms with E-state index in [0.717, 1.165) is 16.5 Å². The van der Waals surface area contributed by atoms with Crippen LogP contribution in [-0.4, -0.2) is 49.7 Å². The lowest BCUT2D eigenvalue weighted by atomic mass is 10.0. The monoisotopic (exact) mass is 371 g/mol. The van der Waals surface area contributed by atoms with Gasteiger partial charge in [-0.1, -0.05) is 0 Å². The van der Waals surface area contributed by atoms with Gasteiger partial charge < -0.3 is 23.7 Å². The minimum atomic E-state index is -0.918. The second kappa shape index (κ2) is 6.71. The fourth-order valence-corrected chi connectivity index (χ4v) is 3.39. The maximum absolute atomic E-state index is 5.83. The molecular formula is C19H21N3O5. The third-order valence-electron chi connectivity index (χ3n) is 4.68. The van der Waals surface area contributed by atoms with Crippen molar-refractivity contribution in [2.24, 2.45) is 0 Å². The van der Waals surface area contributed by atoms with Crippen LogP contribution in [0.15, 0.2) is 24.4 Å². The van der Waals surface area contributed by atoms with E-state index in [0.29, 0.717) is 41.9 Å². The number of aromatic nitrogens is 3. The molecule has 2 aromatic heterocycles. The Bertz CT molecular complexity index is 954. The van der Waals surface area contributed by atoms with Crippen molar-refractivity contribution < 1.29 is 23.7 Å². The molecule has 0 spiro atoms. The highest BCUT2D eigenvalue weighted by Crippen LogP contribution is 2.43. The van der Waals surface area contributed by atoms with E-state index in [9.17, 15) is 0 Å². The van der Waals surface area contributed by atoms with Crippen molar-refractivity contribution in [3.8, 4) is 28.5 Å². The number of rotatable bonds is 5. The van der Waals surface area contributed by atoms with Gasteiger partial charge in [-0.05, 0) is 25.1 Å². The molecule has 0 radical (unpaired) electrons. The zero-order valence-corrected chi connectivity index (χ0v) is 15.7. The first-order valence-electron chi connectivity index (χ1n) is 8.53. The maximum atomic E-state index is 5.83. The Morgan fingerprint density at radius 3 is 2.30 bits per heavy atom. The number of hydrogen-bond donors (Lipinski definition) is 1. The summed E-state index contributed by atoms with van der Waals surface area (Å²) in [6.07, 6.45) is 1.71. The number of nitrogens with one attached hydrogen (secondary N) is 1. The van der Waals surface area contributed by atoms with Crippen LogP contribution in [0.2, 0.25) is 0 Å². The topological polar surface area (TPSA) is 87.7 Å². The molecule has 0 saturated carbocycles. The summed E-state index contributed by atoms with van der Waals surface area (Å²) < 4.78 is 28.0. The van der Waals surface area contributed by atoms with Crippen LogP contribution >= 0.6 is 0 Å². The summed E-state index contributed by atoms with van der Waals surface area (Å²) in [6.45, 7) is 2.91. The molecular weight excluding hydrogens is 350 g/mol. The molecule has 1 aromatic carbocycles. The molecule has 142 valence electrons. The lowest BCUT2D eigenvalue weighted by Crippen LogP contribution is -2.24. The van der Waals surface area contributed by atoms with Crippen molar-refractivity contribution >= 4 is 10.9 Å². The van der Waals surface area contributed by atoms with Crippen LogP contribution in [0, 0.1) is 0 Å². The Morgan fingerprint density at radius 2 is 1.70 bits per heavy atom. The lowest BCUT2D eigenvalue weighted by molar-refractivity contribution is -0.151. The number of aromatic amines is 1. The summed E-state index contributed by atoms with van der Waals surface area (Å²) in [4.78, 5) is 4.54. The lowest BCUT2D eigenvalue weighted by Gasteiger charge is -2.22. The molecule has 1 N–H and O–H groups in total. The molecule has 1 aliphatic heterocycles. The molecule has 0 bridgehead atoms. The molecule has 3 heterocycles. The zero-order chi connectivity index (χ0) is 19.0. The Hall–Kier alpha value is -2.84. The van der Waals surface area contributed by atoms with Gasteiger partial charge in [0.2, 0.25) is 11.5 Å². The van der Waals surface area contributed by atoms with Gasteiger partial charge in [-0.15, -0.1) is 0 Å². The molecule has 8 nitrogen and oxygen atoms in total. The van der Waals surface area contributed by atoms with Crippen molar-refractivity contribution in [3.63, 3.8) is 0 Å². The summed E-state index contributed by atoms with van der Waals surface area (Å²) in [5, 5.41) is 8.39. The molecule has 4 rings (SSSR count). The number of nitrogens with zero attached hydrogens (tertiary/aromatic N) is 2. The van der Waals surface area contributed by atoms with Gasteiger partial charge in [0.1, 0.15) is 11.4 Å². The summed E-state index contributed by atoms with van der Waals surface area (Å²) in [7, 11) is 4.73. The van der Waals surface area contributed by atoms with Crippen molar-refractivity contribution in [2.75, 3.05) is 34.5 Å². The molecule has 27 heavy (non-hydrogen) atoms. The van der Waals surface area contributed by atoms with Crippen LogP contribution in [0.3, 0.4) is 0 Å². The van der Waals surface area contributed by atoms with Gasteiger partial charge in [0.05, 0.1) is 45.4 Å². The minimum absolute atomic E-state index is 0.520. The number of ether oxygens (including phenoxy) is 5. The predicted octanol–water partition coefficient (Wildman–Crippen LogP) is 2.87. The Labute approximate surface area is 156 Å². The molecule has 3 aromatic rings. The second-order valence-electron chi connectivity index (χ2n) is 6.21. The van der Waals surface area contributed by atoms with Gasteiger partial charge in [0.25, 0.3) is 0 Å². The van der Waals surface area contributed by atoms with Crippen molar-refractivity contribution in [3.05, 3.63) is 30.1 Å². The van der Waals surface area contributed by atoms with Gasteiger partial charge in [-0.25, -0.2) is 0 Å². The Kier molecular flexibility index (Phi) is 4.37. The fraction of sp³-hybridized carbons (Fsp3) is 0.368. The average molecular weight is 371 g/mol. The van der Waals surface area contributed by atoms with E-state index < -0.39 is 5.79 Å². The van der Waals surface area contributed by atoms with Gasteiger partial charge >= 0.3 is 0 Å². The third-order valence-corrected chi connectivity index (χ3v) is 4.68. The van der Waals surface area contributed by atoms with E-state index in [2.05, 4.69) is 15.2 Å². The first kappa shape index (κ1) is 17.6. The number of hydrogen-bond acceptors (Lipinski definition) is 7. The Balaban J connectivity index is 1.95. The van der Waals surface area contributed by atoms with E-state index in [1.54, 1.807) is 27.5 Å². The molecule has 8 heteroatoms. The summed E-state index contributed by atoms with van der Waals surface area (Å²) >= 11 is 0. The largest absolute Gasteiger partial charge is 0.493 e. The second-order valence-corrected chi connectivity index (χ2v) is 6.21. The molecule has 0 aliphatic carbocycles. The normalized spacial score (nSPS) is 15.9. The number of pyridine rings is 1. The fourth-order valence-electron chi connectivity index (χ4n) is 3.39. The van der Waals surface area contributed by atoms with E-state index in [-0.39, 0.29) is 0 Å². The van der Waals surface area contributed by atoms with Crippen molar-refractivity contribution in [2.45, 2.75) is 12.7 Å². The van der Waals surface area contributed by atoms with E-state index in [4.69, 9.17) is 23.7 Å². The predicted molar refractivity (Wildman–Crippen MR) is 98.2 cm³/mol. The van der Waals surface area contributed by atoms with E-state index in [1.165, 1.54) is 0 Å². The molecule has 0 atom stereocenters. The van der Waals surface area contributed by atoms with Gasteiger partial charge in [-0.3, -0.25) is 10.1 Å². The van der Waals surface area contributed by atoms with Crippen LogP contribution in [0.1, 0.15) is 12.6 Å². The number of methoxy groups -OCH3 is 3. The van der Waals surface area contributed by atoms with E-state index in [1.807, 2.05) is 25.1 Å². The summed E-state index contributed by atoms with van der Waals surface area (Å²) in [5.41, 5.74) is 3.01. The highest BCUT2D eigenvalue weighted by atomic mass is 16.7. The average Bonchev–Trinajstić information content (AvgIpc) is 3.33. The smallest absolute Gasteiger partial charge is 0.210 e. The summed E-state index contributed by atoms with van der Waals surface area (Å²) in [6, 6.07) is 5.57. The first-order valence-corrected chi connectivity index (χ1v) is 8.53. The number of fused-ring (bicyclic) bond motifs is 1. The first-order chi connectivity index (χ1) is 13.1. The highest BCUT2D eigenvalue weighted by molar-refractivity contribution is 5.95. The minimum Gasteiger partial charge on any atom is -0.493 e. The number of H-pyrrole nitrogens is 1. The third kappa shape index (κ3) is 2.77. The molecule has 1 fully saturated rings. The molecule has 0 amide bonds. The molecule has 1 saturated heterocycles. The van der Waals surface area contributed by atoms with Crippen molar-refractivity contribution in [1.82, 2.24) is 15.2 Å². The Morgan fingerprint density at radius 1 is 1.04 bits per heavy atom. The van der Waals surface area contributed by atoms with E-state index >= 15 is 0 Å². The van der Waals surface area contributed by atoms with Crippen LogP contribution in [-0.2, 0) is 15.3 Å². The van der Waals surface area contributed by atoms with Crippen LogP contribution in [0.25, 0.3) is 22.2 Å². The van der Waals surface area contributed by atoms with Crippen molar-refractivity contribution in [1.29, 1.82) is 0 Å². The SMILES string of the molecule is COc1cc(-c2n[nH]c3ccnc(C4(C)OCCO4)c23)cc(OC)c1OC. The maximum Gasteiger partial charge on any atom is 0.210 e. The van der Waals surface area contributed by atoms with Crippen LogP contribution in [0.5, 0.6) is 17.2 Å². The standard InChI is InChI=1S/C19H21N3O5/c1-19(26-7-8-27-19)18-15-12(5-6-20-18)21-22-16(15)11-9-13(23-2)17(25-4)14(10-11)24-3/h5-6,9-10H,7-8H2,1-4H3,(H,21,22). The highest BCUT2D eigenvalue weighted by Gasteiger charge is 2.37. The summed E-state index contributed by atoms with van der Waals surface area (Å²) in [5.74, 6) is 0.705. The van der Waals surface area contributed by atoms with Crippen LogP contribution in [0.4, 0.5) is 0 Å². The van der Waals surface area contributed by atoms with Gasteiger partial charge in [0.15, 0.2) is 11.5 Å².